The first-order chi connectivity index (χ1) is 18.2. The molecule has 0 fully saturated rings. The molecule has 0 unspecified atom stereocenters. The van der Waals surface area contributed by atoms with E-state index in [1.54, 1.807) is 0 Å². The van der Waals surface area contributed by atoms with E-state index in [4.69, 9.17) is 0 Å². The van der Waals surface area contributed by atoms with Gasteiger partial charge in [-0.2, -0.15) is 0 Å². The van der Waals surface area contributed by atoms with Gasteiger partial charge in [0, 0.05) is 22.3 Å². The number of aromatic nitrogens is 1. The molecule has 0 spiro atoms. The Labute approximate surface area is 218 Å². The number of hydrogen-bond acceptors (Lipinski definition) is 0. The van der Waals surface area contributed by atoms with Crippen molar-refractivity contribution in [3.63, 3.8) is 0 Å². The van der Waals surface area contributed by atoms with Crippen molar-refractivity contribution in [2.75, 3.05) is 0 Å². The minimum absolute atomic E-state index is 1.07. The minimum atomic E-state index is 1.07. The van der Waals surface area contributed by atoms with E-state index in [0.29, 0.717) is 0 Å². The summed E-state index contributed by atoms with van der Waals surface area (Å²) in [7, 11) is 0. The topological polar surface area (TPSA) is 4.93 Å². The molecular weight excluding hydrogens is 446 g/mol. The summed E-state index contributed by atoms with van der Waals surface area (Å²) in [5.74, 6) is 0. The summed E-state index contributed by atoms with van der Waals surface area (Å²) in [5, 5.41) is 3.92. The maximum absolute atomic E-state index is 2.46. The molecule has 1 heteroatoms. The van der Waals surface area contributed by atoms with Crippen LogP contribution in [0.25, 0.3) is 55.7 Å². The molecule has 1 aliphatic carbocycles. The van der Waals surface area contributed by atoms with Gasteiger partial charge in [-0.3, -0.25) is 0 Å². The molecule has 0 aliphatic heterocycles. The zero-order valence-corrected chi connectivity index (χ0v) is 21.3. The minimum Gasteiger partial charge on any atom is -0.313 e. The lowest BCUT2D eigenvalue weighted by Gasteiger charge is -2.18. The van der Waals surface area contributed by atoms with Gasteiger partial charge in [0.05, 0.1) is 5.52 Å². The van der Waals surface area contributed by atoms with Gasteiger partial charge in [0.25, 0.3) is 0 Å². The van der Waals surface area contributed by atoms with E-state index in [-0.39, 0.29) is 0 Å². The first-order valence-electron chi connectivity index (χ1n) is 13.2. The predicted octanol–water partition coefficient (Wildman–Crippen LogP) is 9.69. The molecule has 0 amide bonds. The highest BCUT2D eigenvalue weighted by molar-refractivity contribution is 6.03. The van der Waals surface area contributed by atoms with Crippen molar-refractivity contribution < 1.29 is 0 Å². The number of benzene rings is 5. The maximum Gasteiger partial charge on any atom is 0.0537 e. The quantitative estimate of drug-likeness (QED) is 0.240. The number of rotatable bonds is 3. The number of hydrogen-bond donors (Lipinski definition) is 0. The summed E-state index contributed by atoms with van der Waals surface area (Å²) in [4.78, 5) is 0. The second-order valence-corrected chi connectivity index (χ2v) is 10.2. The summed E-state index contributed by atoms with van der Waals surface area (Å²) in [6.45, 7) is 4.48. The van der Waals surface area contributed by atoms with Crippen LogP contribution in [0.2, 0.25) is 0 Å². The third kappa shape index (κ3) is 3.46. The van der Waals surface area contributed by atoms with Crippen LogP contribution in [0.5, 0.6) is 0 Å². The van der Waals surface area contributed by atoms with Crippen LogP contribution >= 0.6 is 0 Å². The number of fused-ring (bicyclic) bond motifs is 4. The fourth-order valence-electron chi connectivity index (χ4n) is 6.22. The second kappa shape index (κ2) is 8.64. The van der Waals surface area contributed by atoms with Crippen LogP contribution in [0.3, 0.4) is 0 Å². The van der Waals surface area contributed by atoms with Gasteiger partial charge in [-0.25, -0.2) is 0 Å². The summed E-state index contributed by atoms with van der Waals surface area (Å²) in [6, 6.07) is 37.9. The van der Waals surface area contributed by atoms with Crippen molar-refractivity contribution in [2.45, 2.75) is 26.7 Å². The fraction of sp³-hybridized carbons (Fsp3) is 0.111. The highest BCUT2D eigenvalue weighted by Crippen LogP contribution is 2.40. The molecule has 1 aromatic heterocycles. The largest absolute Gasteiger partial charge is 0.313 e. The Morgan fingerprint density at radius 1 is 0.676 bits per heavy atom. The standard InChI is InChI=1S/C36H29N/c1-24-11-3-5-13-29(24)33-23-27-12-4-6-14-30(27)36(25(33)2)26-19-21-28(22-20-26)37-34-17-9-7-15-31(34)32-16-8-10-18-35(32)37/h3-9,11-17,19-23H,10,18H2,1-2H3. The third-order valence-corrected chi connectivity index (χ3v) is 8.01. The lowest BCUT2D eigenvalue weighted by molar-refractivity contribution is 0.888. The Bertz CT molecular complexity index is 1830. The van der Waals surface area contributed by atoms with Crippen LogP contribution in [0.4, 0.5) is 0 Å². The maximum atomic E-state index is 2.46. The van der Waals surface area contributed by atoms with Gasteiger partial charge in [0.1, 0.15) is 0 Å². The molecule has 0 atom stereocenters. The Balaban J connectivity index is 1.42. The zero-order chi connectivity index (χ0) is 24.9. The summed E-state index contributed by atoms with van der Waals surface area (Å²) in [6.07, 6.45) is 6.78. The van der Waals surface area contributed by atoms with Gasteiger partial charge in [-0.1, -0.05) is 91.0 Å². The lowest BCUT2D eigenvalue weighted by Crippen LogP contribution is -2.03. The smallest absolute Gasteiger partial charge is 0.0537 e. The summed E-state index contributed by atoms with van der Waals surface area (Å²) in [5.41, 5.74) is 13.1. The third-order valence-electron chi connectivity index (χ3n) is 8.01. The molecule has 37 heavy (non-hydrogen) atoms. The van der Waals surface area contributed by atoms with Gasteiger partial charge < -0.3 is 4.57 Å². The van der Waals surface area contributed by atoms with E-state index in [0.717, 1.165) is 12.8 Å². The Morgan fingerprint density at radius 2 is 1.41 bits per heavy atom. The van der Waals surface area contributed by atoms with E-state index in [1.165, 1.54) is 72.0 Å². The van der Waals surface area contributed by atoms with Gasteiger partial charge in [-0.15, -0.1) is 0 Å². The van der Waals surface area contributed by atoms with E-state index in [2.05, 4.69) is 134 Å². The Kier molecular flexibility index (Phi) is 5.11. The molecule has 1 heterocycles. The Morgan fingerprint density at radius 3 is 2.24 bits per heavy atom. The average molecular weight is 476 g/mol. The number of aryl methyl sites for hydroxylation is 1. The monoisotopic (exact) mass is 475 g/mol. The van der Waals surface area contributed by atoms with Gasteiger partial charge >= 0.3 is 0 Å². The normalized spacial score (nSPS) is 12.8. The van der Waals surface area contributed by atoms with Crippen LogP contribution in [0.15, 0.2) is 109 Å². The van der Waals surface area contributed by atoms with E-state index < -0.39 is 0 Å². The second-order valence-electron chi connectivity index (χ2n) is 10.2. The van der Waals surface area contributed by atoms with Gasteiger partial charge in [-0.05, 0) is 95.1 Å². The highest BCUT2D eigenvalue weighted by atomic mass is 15.0. The molecule has 1 nitrogen and oxygen atoms in total. The van der Waals surface area contributed by atoms with Crippen LogP contribution in [-0.2, 0) is 6.42 Å². The highest BCUT2D eigenvalue weighted by Gasteiger charge is 2.19. The van der Waals surface area contributed by atoms with Crippen molar-refractivity contribution >= 4 is 27.8 Å². The summed E-state index contributed by atoms with van der Waals surface area (Å²) < 4.78 is 2.46. The van der Waals surface area contributed by atoms with Crippen molar-refractivity contribution in [3.05, 3.63) is 132 Å². The average Bonchev–Trinajstić information content (AvgIpc) is 3.28. The molecule has 5 aromatic carbocycles. The van der Waals surface area contributed by atoms with Crippen LogP contribution in [0, 0.1) is 13.8 Å². The lowest BCUT2D eigenvalue weighted by atomic mass is 9.87. The van der Waals surface area contributed by atoms with Gasteiger partial charge in [0.2, 0.25) is 0 Å². The van der Waals surface area contributed by atoms with Crippen LogP contribution in [-0.4, -0.2) is 4.57 Å². The number of para-hydroxylation sites is 1. The molecule has 6 aromatic rings. The van der Waals surface area contributed by atoms with E-state index >= 15 is 0 Å². The van der Waals surface area contributed by atoms with Crippen LogP contribution < -0.4 is 0 Å². The molecule has 0 bridgehead atoms. The van der Waals surface area contributed by atoms with E-state index in [1.807, 2.05) is 0 Å². The molecule has 0 saturated carbocycles. The molecule has 1 aliphatic rings. The van der Waals surface area contributed by atoms with Crippen molar-refractivity contribution in [1.29, 1.82) is 0 Å². The van der Waals surface area contributed by atoms with Gasteiger partial charge in [0.15, 0.2) is 0 Å². The van der Waals surface area contributed by atoms with Crippen molar-refractivity contribution in [3.8, 4) is 27.9 Å². The molecular formula is C36H29N. The zero-order valence-electron chi connectivity index (χ0n) is 21.3. The number of nitrogens with zero attached hydrogens (tertiary/aromatic N) is 1. The SMILES string of the molecule is Cc1ccccc1-c1cc2ccccc2c(-c2ccc(-n3c4c(c5ccccc53)C=CCC4)cc2)c1C. The number of allylic oxidation sites excluding steroid dienone is 1. The fourth-order valence-corrected chi connectivity index (χ4v) is 6.22. The van der Waals surface area contributed by atoms with E-state index in [9.17, 15) is 0 Å². The molecule has 178 valence electrons. The molecule has 0 saturated heterocycles. The molecule has 0 radical (unpaired) electrons. The first kappa shape index (κ1) is 21.9. The summed E-state index contributed by atoms with van der Waals surface area (Å²) >= 11 is 0. The Hall–Kier alpha value is -4.36. The predicted molar refractivity (Wildman–Crippen MR) is 158 cm³/mol. The molecule has 7 rings (SSSR count). The van der Waals surface area contributed by atoms with Crippen LogP contribution in [0.1, 0.15) is 28.8 Å². The van der Waals surface area contributed by atoms with Crippen molar-refractivity contribution in [1.82, 2.24) is 4.57 Å². The first-order valence-corrected chi connectivity index (χ1v) is 13.2. The van der Waals surface area contributed by atoms with Crippen molar-refractivity contribution in [2.24, 2.45) is 0 Å². The molecule has 0 N–H and O–H groups in total.